The van der Waals surface area contributed by atoms with Crippen LogP contribution in [0.15, 0.2) is 78.4 Å². The lowest BCUT2D eigenvalue weighted by molar-refractivity contribution is -0.141. The number of anilines is 1. The molecule has 30 heavy (non-hydrogen) atoms. The molecule has 1 aliphatic heterocycles. The van der Waals surface area contributed by atoms with Gasteiger partial charge in [0.15, 0.2) is 6.61 Å². The van der Waals surface area contributed by atoms with E-state index in [2.05, 4.69) is 22.3 Å². The second kappa shape index (κ2) is 10.0. The molecule has 1 unspecified atom stereocenters. The summed E-state index contributed by atoms with van der Waals surface area (Å²) in [6, 6.07) is 18.4. The number of ether oxygens (including phenoxy) is 1. The Morgan fingerprint density at radius 2 is 1.77 bits per heavy atom. The summed E-state index contributed by atoms with van der Waals surface area (Å²) in [5.74, 6) is -1.43. The molecule has 0 fully saturated rings. The number of carbonyl (C=O) groups is 3. The number of benzene rings is 2. The van der Waals surface area contributed by atoms with Crippen molar-refractivity contribution in [2.24, 2.45) is 5.10 Å². The zero-order valence-electron chi connectivity index (χ0n) is 16.3. The van der Waals surface area contributed by atoms with Gasteiger partial charge in [0, 0.05) is 13.0 Å². The number of esters is 1. The lowest BCUT2D eigenvalue weighted by Gasteiger charge is -2.23. The van der Waals surface area contributed by atoms with Gasteiger partial charge in [0.2, 0.25) is 0 Å². The van der Waals surface area contributed by atoms with Gasteiger partial charge in [-0.15, -0.1) is 6.58 Å². The molecule has 0 radical (unpaired) electrons. The molecule has 3 amide bonds. The van der Waals surface area contributed by atoms with Crippen LogP contribution in [0.4, 0.5) is 10.5 Å². The van der Waals surface area contributed by atoms with Crippen LogP contribution < -0.4 is 15.6 Å². The first-order valence-electron chi connectivity index (χ1n) is 9.41. The van der Waals surface area contributed by atoms with Gasteiger partial charge in [-0.05, 0) is 17.7 Å². The van der Waals surface area contributed by atoms with Crippen LogP contribution in [0.1, 0.15) is 18.0 Å². The Hall–Kier alpha value is -3.94. The Morgan fingerprint density at radius 1 is 1.10 bits per heavy atom. The minimum Gasteiger partial charge on any atom is -0.451 e. The molecule has 154 valence electrons. The Balaban J connectivity index is 1.66. The fourth-order valence-electron chi connectivity index (χ4n) is 2.97. The van der Waals surface area contributed by atoms with Crippen molar-refractivity contribution in [3.8, 4) is 0 Å². The number of hydrogen-bond donors (Lipinski definition) is 2. The summed E-state index contributed by atoms with van der Waals surface area (Å²) in [5.41, 5.74) is 2.05. The summed E-state index contributed by atoms with van der Waals surface area (Å²) in [4.78, 5) is 35.7. The topological polar surface area (TPSA) is 100 Å². The quantitative estimate of drug-likeness (QED) is 0.544. The molecule has 0 saturated carbocycles. The number of para-hydroxylation sites is 1. The highest BCUT2D eigenvalue weighted by atomic mass is 16.5. The molecule has 0 bridgehead atoms. The van der Waals surface area contributed by atoms with E-state index in [0.717, 1.165) is 11.3 Å². The molecule has 1 heterocycles. The molecule has 2 aromatic carbocycles. The van der Waals surface area contributed by atoms with Gasteiger partial charge in [0.1, 0.15) is 5.71 Å². The highest BCUT2D eigenvalue weighted by Gasteiger charge is 2.33. The number of rotatable bonds is 7. The first kappa shape index (κ1) is 20.8. The Bertz CT molecular complexity index is 944. The van der Waals surface area contributed by atoms with Crippen molar-refractivity contribution in [1.82, 2.24) is 10.6 Å². The third-order valence-electron chi connectivity index (χ3n) is 4.35. The van der Waals surface area contributed by atoms with Gasteiger partial charge >= 0.3 is 12.0 Å². The normalized spacial score (nSPS) is 15.1. The van der Waals surface area contributed by atoms with Gasteiger partial charge in [-0.1, -0.05) is 54.6 Å². The second-order valence-electron chi connectivity index (χ2n) is 6.48. The van der Waals surface area contributed by atoms with Crippen LogP contribution in [0.25, 0.3) is 0 Å². The summed E-state index contributed by atoms with van der Waals surface area (Å²) in [6.45, 7) is 3.09. The molecule has 0 aromatic heterocycles. The van der Waals surface area contributed by atoms with Crippen molar-refractivity contribution in [2.75, 3.05) is 18.2 Å². The highest BCUT2D eigenvalue weighted by molar-refractivity contribution is 6.37. The number of amides is 3. The average Bonchev–Trinajstić information content (AvgIpc) is 3.23. The average molecular weight is 406 g/mol. The Labute approximate surface area is 174 Å². The maximum atomic E-state index is 12.5. The lowest BCUT2D eigenvalue weighted by Crippen LogP contribution is -2.41. The fraction of sp³-hybridized carbons (Fsp3) is 0.182. The van der Waals surface area contributed by atoms with E-state index in [1.165, 1.54) is 6.08 Å². The van der Waals surface area contributed by atoms with E-state index < -0.39 is 24.5 Å². The molecule has 0 spiro atoms. The fourth-order valence-corrected chi connectivity index (χ4v) is 2.97. The third-order valence-corrected chi connectivity index (χ3v) is 4.35. The minimum atomic E-state index is -0.733. The lowest BCUT2D eigenvalue weighted by atomic mass is 10.0. The molecule has 3 rings (SSSR count). The van der Waals surface area contributed by atoms with Crippen molar-refractivity contribution in [3.63, 3.8) is 0 Å². The van der Waals surface area contributed by atoms with E-state index in [-0.39, 0.29) is 18.3 Å². The van der Waals surface area contributed by atoms with Crippen LogP contribution in [0.2, 0.25) is 0 Å². The summed E-state index contributed by atoms with van der Waals surface area (Å²) in [7, 11) is 0. The molecule has 0 saturated heterocycles. The van der Waals surface area contributed by atoms with Crippen LogP contribution in [-0.2, 0) is 14.3 Å². The SMILES string of the molecule is C=CCNC(=O)NC(=O)COC(=O)C1=NN(c2ccccc2)C(c2ccccc2)C1. The molecule has 2 N–H and O–H groups in total. The summed E-state index contributed by atoms with van der Waals surface area (Å²) in [5, 5.41) is 10.7. The van der Waals surface area contributed by atoms with Crippen molar-refractivity contribution in [1.29, 1.82) is 0 Å². The van der Waals surface area contributed by atoms with Gasteiger partial charge in [0.05, 0.1) is 11.7 Å². The number of nitrogens with zero attached hydrogens (tertiary/aromatic N) is 2. The van der Waals surface area contributed by atoms with Crippen molar-refractivity contribution in [2.45, 2.75) is 12.5 Å². The van der Waals surface area contributed by atoms with E-state index in [0.29, 0.717) is 6.42 Å². The molecule has 2 aromatic rings. The van der Waals surface area contributed by atoms with E-state index in [9.17, 15) is 14.4 Å². The number of urea groups is 1. The number of hydrogen-bond acceptors (Lipinski definition) is 6. The van der Waals surface area contributed by atoms with Crippen LogP contribution in [-0.4, -0.2) is 36.8 Å². The smallest absolute Gasteiger partial charge is 0.355 e. The van der Waals surface area contributed by atoms with Crippen LogP contribution in [0.5, 0.6) is 0 Å². The maximum absolute atomic E-state index is 12.5. The molecule has 1 aliphatic rings. The van der Waals surface area contributed by atoms with Crippen LogP contribution in [0, 0.1) is 0 Å². The molecular weight excluding hydrogens is 384 g/mol. The van der Waals surface area contributed by atoms with Gasteiger partial charge < -0.3 is 10.1 Å². The zero-order chi connectivity index (χ0) is 21.3. The highest BCUT2D eigenvalue weighted by Crippen LogP contribution is 2.35. The van der Waals surface area contributed by atoms with Gasteiger partial charge in [-0.25, -0.2) is 9.59 Å². The van der Waals surface area contributed by atoms with E-state index in [4.69, 9.17) is 4.74 Å². The van der Waals surface area contributed by atoms with Crippen LogP contribution in [0.3, 0.4) is 0 Å². The largest absolute Gasteiger partial charge is 0.451 e. The molecule has 8 nitrogen and oxygen atoms in total. The van der Waals surface area contributed by atoms with E-state index in [1.54, 1.807) is 5.01 Å². The van der Waals surface area contributed by atoms with Crippen LogP contribution >= 0.6 is 0 Å². The number of hydrazone groups is 1. The molecule has 0 aliphatic carbocycles. The Morgan fingerprint density at radius 3 is 2.43 bits per heavy atom. The van der Waals surface area contributed by atoms with Crippen molar-refractivity contribution >= 4 is 29.3 Å². The van der Waals surface area contributed by atoms with Gasteiger partial charge in [-0.2, -0.15) is 5.10 Å². The Kier molecular flexibility index (Phi) is 6.94. The second-order valence-corrected chi connectivity index (χ2v) is 6.48. The molecule has 1 atom stereocenters. The van der Waals surface area contributed by atoms with Gasteiger partial charge in [0.25, 0.3) is 5.91 Å². The van der Waals surface area contributed by atoms with E-state index >= 15 is 0 Å². The monoisotopic (exact) mass is 406 g/mol. The third kappa shape index (κ3) is 5.32. The first-order chi connectivity index (χ1) is 14.6. The zero-order valence-corrected chi connectivity index (χ0v) is 16.3. The number of carbonyl (C=O) groups excluding carboxylic acids is 3. The standard InChI is InChI=1S/C22H22N4O4/c1-2-13-23-22(29)24-20(27)15-30-21(28)18-14-19(16-9-5-3-6-10-16)26(25-18)17-11-7-4-8-12-17/h2-12,19H,1,13-15H2,(H2,23,24,27,29). The molecular formula is C22H22N4O4. The predicted octanol–water partition coefficient (Wildman–Crippen LogP) is 2.55. The minimum absolute atomic E-state index is 0.172. The molecule has 8 heteroatoms. The van der Waals surface area contributed by atoms with Gasteiger partial charge in [-0.3, -0.25) is 15.1 Å². The van der Waals surface area contributed by atoms with Crippen molar-refractivity contribution in [3.05, 3.63) is 78.9 Å². The number of nitrogens with one attached hydrogen (secondary N) is 2. The number of imide groups is 1. The van der Waals surface area contributed by atoms with Crippen molar-refractivity contribution < 1.29 is 19.1 Å². The first-order valence-corrected chi connectivity index (χ1v) is 9.41. The summed E-state index contributed by atoms with van der Waals surface area (Å²) >= 11 is 0. The maximum Gasteiger partial charge on any atom is 0.355 e. The summed E-state index contributed by atoms with van der Waals surface area (Å²) in [6.07, 6.45) is 1.81. The van der Waals surface area contributed by atoms with E-state index in [1.807, 2.05) is 60.7 Å². The predicted molar refractivity (Wildman–Crippen MR) is 113 cm³/mol. The summed E-state index contributed by atoms with van der Waals surface area (Å²) < 4.78 is 5.05.